The molecular formula is C10H7BrN6O2. The number of rotatable bonds is 2. The molecule has 96 valence electrons. The fourth-order valence-corrected chi connectivity index (χ4v) is 2.04. The minimum absolute atomic E-state index is 0.0714. The van der Waals surface area contributed by atoms with E-state index in [1.807, 2.05) is 6.92 Å². The fraction of sp³-hybridized carbons (Fsp3) is 0.100. The van der Waals surface area contributed by atoms with Crippen LogP contribution in [-0.2, 0) is 0 Å². The Bertz CT molecular complexity index is 793. The molecule has 8 nitrogen and oxygen atoms in total. The van der Waals surface area contributed by atoms with Crippen LogP contribution in [0.1, 0.15) is 5.69 Å². The molecule has 0 amide bonds. The smallest absolute Gasteiger partial charge is 0.258 e. The minimum Gasteiger partial charge on any atom is -0.258 e. The zero-order valence-electron chi connectivity index (χ0n) is 9.69. The molecule has 19 heavy (non-hydrogen) atoms. The lowest BCUT2D eigenvalue weighted by Gasteiger charge is -2.00. The molecule has 0 spiro atoms. The minimum atomic E-state index is -0.496. The van der Waals surface area contributed by atoms with Gasteiger partial charge in [0.15, 0.2) is 5.65 Å². The van der Waals surface area contributed by atoms with Crippen LogP contribution < -0.4 is 0 Å². The summed E-state index contributed by atoms with van der Waals surface area (Å²) >= 11 is 3.40. The molecule has 0 aliphatic rings. The van der Waals surface area contributed by atoms with Crippen molar-refractivity contribution in [3.05, 3.63) is 45.1 Å². The largest absolute Gasteiger partial charge is 0.307 e. The van der Waals surface area contributed by atoms with Crippen molar-refractivity contribution in [3.63, 3.8) is 0 Å². The zero-order valence-corrected chi connectivity index (χ0v) is 11.3. The maximum Gasteiger partial charge on any atom is 0.307 e. The van der Waals surface area contributed by atoms with Crippen molar-refractivity contribution in [1.82, 2.24) is 24.4 Å². The van der Waals surface area contributed by atoms with E-state index < -0.39 is 4.92 Å². The fourth-order valence-electron chi connectivity index (χ4n) is 1.67. The first-order valence-electron chi connectivity index (χ1n) is 5.26. The van der Waals surface area contributed by atoms with Gasteiger partial charge in [-0.05, 0) is 22.9 Å². The molecule has 9 heteroatoms. The topological polar surface area (TPSA) is 91.2 Å². The summed E-state index contributed by atoms with van der Waals surface area (Å²) in [5, 5.41) is 18.8. The van der Waals surface area contributed by atoms with Crippen molar-refractivity contribution in [3.8, 4) is 5.69 Å². The molecule has 3 heterocycles. The summed E-state index contributed by atoms with van der Waals surface area (Å²) in [5.41, 5.74) is 2.02. The molecule has 3 aromatic heterocycles. The van der Waals surface area contributed by atoms with Crippen molar-refractivity contribution >= 4 is 27.3 Å². The normalized spacial score (nSPS) is 11.1. The van der Waals surface area contributed by atoms with E-state index in [1.54, 1.807) is 16.9 Å². The van der Waals surface area contributed by atoms with Crippen LogP contribution in [0.25, 0.3) is 11.3 Å². The first-order valence-corrected chi connectivity index (χ1v) is 6.05. The summed E-state index contributed by atoms with van der Waals surface area (Å²) in [6.45, 7) is 1.86. The molecular weight excluding hydrogens is 316 g/mol. The maximum absolute atomic E-state index is 10.6. The van der Waals surface area contributed by atoms with E-state index in [4.69, 9.17) is 0 Å². The van der Waals surface area contributed by atoms with E-state index in [-0.39, 0.29) is 5.69 Å². The monoisotopic (exact) mass is 322 g/mol. The van der Waals surface area contributed by atoms with E-state index in [1.165, 1.54) is 17.1 Å². The lowest BCUT2D eigenvalue weighted by Crippen LogP contribution is -1.99. The highest BCUT2D eigenvalue weighted by atomic mass is 79.9. The van der Waals surface area contributed by atoms with Gasteiger partial charge in [0.05, 0.1) is 27.5 Å². The summed E-state index contributed by atoms with van der Waals surface area (Å²) in [5.74, 6) is 0. The molecule has 0 N–H and O–H groups in total. The average molecular weight is 323 g/mol. The van der Waals surface area contributed by atoms with Gasteiger partial charge in [-0.25, -0.2) is 14.2 Å². The Morgan fingerprint density at radius 3 is 2.84 bits per heavy atom. The lowest BCUT2D eigenvalue weighted by molar-refractivity contribution is -0.384. The Hall–Kier alpha value is -2.29. The molecule has 0 saturated carbocycles. The highest BCUT2D eigenvalue weighted by Gasteiger charge is 2.12. The summed E-state index contributed by atoms with van der Waals surface area (Å²) in [4.78, 5) is 14.4. The first kappa shape index (κ1) is 11.8. The average Bonchev–Trinajstić information content (AvgIpc) is 2.96. The van der Waals surface area contributed by atoms with E-state index in [2.05, 4.69) is 31.1 Å². The number of halogens is 1. The molecule has 0 fully saturated rings. The maximum atomic E-state index is 10.6. The van der Waals surface area contributed by atoms with Gasteiger partial charge in [-0.2, -0.15) is 10.2 Å². The molecule has 0 atom stereocenters. The molecule has 0 aliphatic carbocycles. The molecule has 0 saturated heterocycles. The number of fused-ring (bicyclic) bond motifs is 1. The molecule has 0 bridgehead atoms. The number of aromatic nitrogens is 5. The van der Waals surface area contributed by atoms with Crippen molar-refractivity contribution < 1.29 is 4.92 Å². The standard InChI is InChI=1S/C10H7BrN6O2/c1-6-9(11)10-12-2-7(4-16(10)14-6)15-5-8(3-13-15)17(18)19/h2-5H,1H3. The predicted molar refractivity (Wildman–Crippen MR) is 69.2 cm³/mol. The van der Waals surface area contributed by atoms with Gasteiger partial charge in [-0.3, -0.25) is 10.1 Å². The second kappa shape index (κ2) is 4.12. The van der Waals surface area contributed by atoms with Crippen molar-refractivity contribution in [1.29, 1.82) is 0 Å². The Morgan fingerprint density at radius 1 is 1.37 bits per heavy atom. The summed E-state index contributed by atoms with van der Waals surface area (Å²) in [6, 6.07) is 0. The van der Waals surface area contributed by atoms with E-state index in [0.29, 0.717) is 11.3 Å². The number of hydrogen-bond donors (Lipinski definition) is 0. The molecule has 0 aliphatic heterocycles. The van der Waals surface area contributed by atoms with Gasteiger partial charge in [-0.15, -0.1) is 0 Å². The van der Waals surface area contributed by atoms with Gasteiger partial charge in [0.2, 0.25) is 0 Å². The van der Waals surface area contributed by atoms with Crippen molar-refractivity contribution in [2.24, 2.45) is 0 Å². The van der Waals surface area contributed by atoms with Gasteiger partial charge in [-0.1, -0.05) is 0 Å². The van der Waals surface area contributed by atoms with Crippen LogP contribution in [0.15, 0.2) is 29.3 Å². The van der Waals surface area contributed by atoms with Crippen LogP contribution in [0.3, 0.4) is 0 Å². The molecule has 0 aromatic carbocycles. The molecule has 0 unspecified atom stereocenters. The predicted octanol–water partition coefficient (Wildman–Crippen LogP) is 1.89. The van der Waals surface area contributed by atoms with E-state index in [0.717, 1.165) is 10.2 Å². The van der Waals surface area contributed by atoms with E-state index in [9.17, 15) is 10.1 Å². The van der Waals surface area contributed by atoms with Gasteiger partial charge < -0.3 is 0 Å². The van der Waals surface area contributed by atoms with E-state index >= 15 is 0 Å². The SMILES string of the molecule is Cc1nn2cc(-n3cc([N+](=O)[O-])cn3)cnc2c1Br. The third-order valence-corrected chi connectivity index (χ3v) is 3.54. The Morgan fingerprint density at radius 2 is 2.16 bits per heavy atom. The summed E-state index contributed by atoms with van der Waals surface area (Å²) in [6.07, 6.45) is 5.80. The van der Waals surface area contributed by atoms with Crippen molar-refractivity contribution in [2.75, 3.05) is 0 Å². The van der Waals surface area contributed by atoms with Crippen LogP contribution in [0, 0.1) is 17.0 Å². The zero-order chi connectivity index (χ0) is 13.6. The lowest BCUT2D eigenvalue weighted by atomic mass is 10.5. The van der Waals surface area contributed by atoms with Gasteiger partial charge in [0.25, 0.3) is 0 Å². The molecule has 3 aromatic rings. The van der Waals surface area contributed by atoms with Crippen LogP contribution >= 0.6 is 15.9 Å². The number of aryl methyl sites for hydroxylation is 1. The molecule has 3 rings (SSSR count). The Balaban J connectivity index is 2.12. The Labute approximate surface area is 115 Å². The van der Waals surface area contributed by atoms with Crippen LogP contribution in [0.2, 0.25) is 0 Å². The Kier molecular flexibility index (Phi) is 2.56. The second-order valence-corrected chi connectivity index (χ2v) is 4.67. The summed E-state index contributed by atoms with van der Waals surface area (Å²) < 4.78 is 3.81. The second-order valence-electron chi connectivity index (χ2n) is 3.88. The first-order chi connectivity index (χ1) is 9.06. The number of hydrogen-bond acceptors (Lipinski definition) is 5. The van der Waals surface area contributed by atoms with Crippen LogP contribution in [-0.4, -0.2) is 29.3 Å². The third kappa shape index (κ3) is 1.87. The quantitative estimate of drug-likeness (QED) is 0.530. The van der Waals surface area contributed by atoms with Gasteiger partial charge >= 0.3 is 5.69 Å². The van der Waals surface area contributed by atoms with Crippen LogP contribution in [0.5, 0.6) is 0 Å². The van der Waals surface area contributed by atoms with Crippen LogP contribution in [0.4, 0.5) is 5.69 Å². The third-order valence-electron chi connectivity index (χ3n) is 2.61. The highest BCUT2D eigenvalue weighted by Crippen LogP contribution is 2.21. The van der Waals surface area contributed by atoms with Gasteiger partial charge in [0, 0.05) is 0 Å². The highest BCUT2D eigenvalue weighted by molar-refractivity contribution is 9.10. The molecule has 0 radical (unpaired) electrons. The number of nitro groups is 1. The van der Waals surface area contributed by atoms with Crippen molar-refractivity contribution in [2.45, 2.75) is 6.92 Å². The van der Waals surface area contributed by atoms with Gasteiger partial charge in [0.1, 0.15) is 18.1 Å². The number of nitrogens with zero attached hydrogens (tertiary/aromatic N) is 6. The summed E-state index contributed by atoms with van der Waals surface area (Å²) in [7, 11) is 0.